The van der Waals surface area contributed by atoms with Gasteiger partial charge in [-0.05, 0) is 49.4 Å². The predicted octanol–water partition coefficient (Wildman–Crippen LogP) is 3.43. The molecule has 9 heteroatoms. The van der Waals surface area contributed by atoms with Gasteiger partial charge in [0.05, 0.1) is 17.7 Å². The smallest absolute Gasteiger partial charge is 0.257 e. The molecule has 3 amide bonds. The molecule has 2 aromatic rings. The summed E-state index contributed by atoms with van der Waals surface area (Å²) < 4.78 is 24.8. The van der Waals surface area contributed by atoms with Crippen molar-refractivity contribution >= 4 is 23.4 Å². The molecule has 2 aromatic carbocycles. The number of anilines is 1. The number of hydrogen-bond donors (Lipinski definition) is 1. The fourth-order valence-corrected chi connectivity index (χ4v) is 4.10. The highest BCUT2D eigenvalue weighted by molar-refractivity contribution is 6.05. The molecular weight excluding hydrogens is 453 g/mol. The lowest BCUT2D eigenvalue weighted by atomic mass is 10.0. The number of likely N-dealkylation sites (N-methyl/N-ethyl adjacent to an activating group) is 1. The first-order valence-electron chi connectivity index (χ1n) is 11.5. The van der Waals surface area contributed by atoms with Gasteiger partial charge in [0, 0.05) is 51.3 Å². The Morgan fingerprint density at radius 3 is 2.43 bits per heavy atom. The van der Waals surface area contributed by atoms with Crippen LogP contribution in [-0.2, 0) is 9.53 Å². The Morgan fingerprint density at radius 2 is 1.80 bits per heavy atom. The van der Waals surface area contributed by atoms with E-state index in [0.29, 0.717) is 24.5 Å². The second-order valence-electron chi connectivity index (χ2n) is 8.94. The van der Waals surface area contributed by atoms with Crippen LogP contribution in [0.1, 0.15) is 41.5 Å². The van der Waals surface area contributed by atoms with Crippen LogP contribution in [0, 0.1) is 11.7 Å². The van der Waals surface area contributed by atoms with Gasteiger partial charge in [-0.2, -0.15) is 0 Å². The van der Waals surface area contributed by atoms with Crippen molar-refractivity contribution in [1.82, 2.24) is 9.80 Å². The van der Waals surface area contributed by atoms with Crippen molar-refractivity contribution in [3.63, 3.8) is 0 Å². The van der Waals surface area contributed by atoms with Gasteiger partial charge in [0.15, 0.2) is 0 Å². The Balaban J connectivity index is 1.93. The molecule has 1 N–H and O–H groups in total. The maximum Gasteiger partial charge on any atom is 0.257 e. The van der Waals surface area contributed by atoms with Crippen LogP contribution in [0.3, 0.4) is 0 Å². The topological polar surface area (TPSA) is 88.2 Å². The molecule has 0 aromatic heterocycles. The maximum absolute atomic E-state index is 13.4. The maximum atomic E-state index is 13.4. The Kier molecular flexibility index (Phi) is 8.45. The standard InChI is InChI=1S/C26H32FN3O5/c1-16-13-30(18(3)31)17(2)15-35-23-11-10-21(28-25(32)19-6-8-20(27)9-7-19)12-22(23)26(33)29(4)14-24(16)34-5/h6-12,16-17,24H,13-15H2,1-5H3,(H,28,32)/t16-,17-,24+/m0/s1. The highest BCUT2D eigenvalue weighted by atomic mass is 19.1. The van der Waals surface area contributed by atoms with Crippen molar-refractivity contribution in [2.75, 3.05) is 39.2 Å². The van der Waals surface area contributed by atoms with Crippen LogP contribution in [0.4, 0.5) is 10.1 Å². The van der Waals surface area contributed by atoms with Crippen molar-refractivity contribution in [2.24, 2.45) is 5.92 Å². The van der Waals surface area contributed by atoms with Gasteiger partial charge in [-0.1, -0.05) is 6.92 Å². The zero-order chi connectivity index (χ0) is 25.7. The van der Waals surface area contributed by atoms with Gasteiger partial charge in [-0.15, -0.1) is 0 Å². The number of rotatable bonds is 3. The van der Waals surface area contributed by atoms with E-state index >= 15 is 0 Å². The van der Waals surface area contributed by atoms with Crippen molar-refractivity contribution in [2.45, 2.75) is 32.9 Å². The minimum atomic E-state index is -0.437. The third-order valence-corrected chi connectivity index (χ3v) is 6.21. The summed E-state index contributed by atoms with van der Waals surface area (Å²) in [7, 11) is 3.26. The van der Waals surface area contributed by atoms with E-state index in [0.717, 1.165) is 0 Å². The molecule has 0 unspecified atom stereocenters. The molecule has 0 fully saturated rings. The molecule has 35 heavy (non-hydrogen) atoms. The summed E-state index contributed by atoms with van der Waals surface area (Å²) in [5, 5.41) is 2.74. The van der Waals surface area contributed by atoms with Gasteiger partial charge in [-0.3, -0.25) is 14.4 Å². The first-order valence-corrected chi connectivity index (χ1v) is 11.5. The van der Waals surface area contributed by atoms with Gasteiger partial charge in [0.25, 0.3) is 11.8 Å². The fraction of sp³-hybridized carbons (Fsp3) is 0.423. The Bertz CT molecular complexity index is 1080. The van der Waals surface area contributed by atoms with E-state index in [-0.39, 0.29) is 47.6 Å². The SMILES string of the molecule is CO[C@@H]1CN(C)C(=O)c2cc(NC(=O)c3ccc(F)cc3)ccc2OC[C@H](C)N(C(C)=O)C[C@@H]1C. The molecule has 0 spiro atoms. The van der Waals surface area contributed by atoms with Gasteiger partial charge < -0.3 is 24.6 Å². The minimum absolute atomic E-state index is 0.0261. The van der Waals surface area contributed by atoms with Crippen LogP contribution in [0.15, 0.2) is 42.5 Å². The van der Waals surface area contributed by atoms with E-state index in [1.807, 2.05) is 13.8 Å². The first kappa shape index (κ1) is 26.2. The summed E-state index contributed by atoms with van der Waals surface area (Å²) >= 11 is 0. The number of amides is 3. The van der Waals surface area contributed by atoms with Crippen LogP contribution in [0.25, 0.3) is 0 Å². The molecule has 8 nitrogen and oxygen atoms in total. The Hall–Kier alpha value is -3.46. The highest BCUT2D eigenvalue weighted by Crippen LogP contribution is 2.27. The zero-order valence-corrected chi connectivity index (χ0v) is 20.7. The van der Waals surface area contributed by atoms with E-state index in [4.69, 9.17) is 9.47 Å². The number of carbonyl (C=O) groups is 3. The first-order chi connectivity index (χ1) is 16.6. The Labute approximate surface area is 205 Å². The summed E-state index contributed by atoms with van der Waals surface area (Å²) in [6, 6.07) is 9.76. The zero-order valence-electron chi connectivity index (χ0n) is 20.7. The van der Waals surface area contributed by atoms with Crippen molar-refractivity contribution in [3.05, 3.63) is 59.4 Å². The molecule has 0 saturated carbocycles. The summed E-state index contributed by atoms with van der Waals surface area (Å²) in [4.78, 5) is 41.6. The third-order valence-electron chi connectivity index (χ3n) is 6.21. The lowest BCUT2D eigenvalue weighted by Crippen LogP contribution is -2.48. The van der Waals surface area contributed by atoms with Gasteiger partial charge in [0.1, 0.15) is 18.2 Å². The monoisotopic (exact) mass is 485 g/mol. The van der Waals surface area contributed by atoms with Crippen molar-refractivity contribution in [1.29, 1.82) is 0 Å². The number of nitrogens with zero attached hydrogens (tertiary/aromatic N) is 2. The van der Waals surface area contributed by atoms with Crippen LogP contribution < -0.4 is 10.1 Å². The van der Waals surface area contributed by atoms with Gasteiger partial charge in [0.2, 0.25) is 5.91 Å². The molecule has 3 rings (SSSR count). The van der Waals surface area contributed by atoms with E-state index in [1.54, 1.807) is 42.2 Å². The fourth-order valence-electron chi connectivity index (χ4n) is 4.10. The molecule has 1 heterocycles. The summed E-state index contributed by atoms with van der Waals surface area (Å²) in [5.41, 5.74) is 0.952. The number of hydrogen-bond acceptors (Lipinski definition) is 5. The average molecular weight is 486 g/mol. The Morgan fingerprint density at radius 1 is 1.11 bits per heavy atom. The molecule has 0 bridgehead atoms. The van der Waals surface area contributed by atoms with Crippen LogP contribution in [0.2, 0.25) is 0 Å². The summed E-state index contributed by atoms with van der Waals surface area (Å²) in [6.45, 7) is 6.38. The van der Waals surface area contributed by atoms with Crippen LogP contribution >= 0.6 is 0 Å². The second kappa shape index (κ2) is 11.3. The summed E-state index contributed by atoms with van der Waals surface area (Å²) in [6.07, 6.45) is -0.289. The quantitative estimate of drug-likeness (QED) is 0.720. The highest BCUT2D eigenvalue weighted by Gasteiger charge is 2.29. The van der Waals surface area contributed by atoms with Gasteiger partial charge in [-0.25, -0.2) is 4.39 Å². The number of fused-ring (bicyclic) bond motifs is 1. The number of nitrogens with one attached hydrogen (secondary N) is 1. The van der Waals surface area contributed by atoms with Crippen LogP contribution in [-0.4, -0.2) is 73.5 Å². The number of ether oxygens (including phenoxy) is 2. The third kappa shape index (κ3) is 6.36. The van der Waals surface area contributed by atoms with Gasteiger partial charge >= 0.3 is 0 Å². The molecule has 188 valence electrons. The van der Waals surface area contributed by atoms with Crippen molar-refractivity contribution in [3.8, 4) is 5.75 Å². The predicted molar refractivity (Wildman–Crippen MR) is 130 cm³/mol. The number of methoxy groups -OCH3 is 1. The van der Waals surface area contributed by atoms with E-state index in [1.165, 1.54) is 31.2 Å². The molecular formula is C26H32FN3O5. The molecule has 0 saturated heterocycles. The van der Waals surface area contributed by atoms with Crippen molar-refractivity contribution < 1.29 is 28.2 Å². The second-order valence-corrected chi connectivity index (χ2v) is 8.94. The van der Waals surface area contributed by atoms with E-state index < -0.39 is 11.7 Å². The largest absolute Gasteiger partial charge is 0.491 e. The van der Waals surface area contributed by atoms with E-state index in [9.17, 15) is 18.8 Å². The minimum Gasteiger partial charge on any atom is -0.491 e. The molecule has 3 atom stereocenters. The van der Waals surface area contributed by atoms with E-state index in [2.05, 4.69) is 5.32 Å². The summed E-state index contributed by atoms with van der Waals surface area (Å²) in [5.74, 6) is -0.902. The lowest BCUT2D eigenvalue weighted by molar-refractivity contribution is -0.133. The molecule has 1 aliphatic rings. The number of halogens is 1. The van der Waals surface area contributed by atoms with Crippen LogP contribution in [0.5, 0.6) is 5.75 Å². The normalized spacial score (nSPS) is 21.3. The number of benzene rings is 2. The lowest BCUT2D eigenvalue weighted by Gasteiger charge is -2.35. The average Bonchev–Trinajstić information content (AvgIpc) is 2.83. The molecule has 0 aliphatic carbocycles. The molecule has 1 aliphatic heterocycles. The molecule has 0 radical (unpaired) electrons. The number of carbonyl (C=O) groups excluding carboxylic acids is 3.